The van der Waals surface area contributed by atoms with Gasteiger partial charge in [-0.1, -0.05) is 35.9 Å². The van der Waals surface area contributed by atoms with Gasteiger partial charge in [-0.15, -0.1) is 0 Å². The van der Waals surface area contributed by atoms with Gasteiger partial charge < -0.3 is 18.6 Å². The van der Waals surface area contributed by atoms with Crippen LogP contribution in [0.15, 0.2) is 77.7 Å². The van der Waals surface area contributed by atoms with E-state index in [9.17, 15) is 13.2 Å². The first-order chi connectivity index (χ1) is 15.8. The fourth-order valence-corrected chi connectivity index (χ4v) is 4.23. The highest BCUT2D eigenvalue weighted by molar-refractivity contribution is 7.87. The van der Waals surface area contributed by atoms with Gasteiger partial charge in [-0.2, -0.15) is 8.42 Å². The number of hydrogen-bond donors (Lipinski definition) is 0. The molecule has 0 heterocycles. The highest BCUT2D eigenvalue weighted by atomic mass is 35.5. The van der Waals surface area contributed by atoms with E-state index in [2.05, 4.69) is 0 Å². The van der Waals surface area contributed by atoms with E-state index >= 15 is 0 Å². The summed E-state index contributed by atoms with van der Waals surface area (Å²) in [6.45, 7) is 0.876. The molecular weight excluding hydrogens is 466 g/mol. The number of ether oxygens (including phenoxy) is 2. The minimum Gasteiger partial charge on any atom is -0.497 e. The Morgan fingerprint density at radius 2 is 1.67 bits per heavy atom. The third-order valence-corrected chi connectivity index (χ3v) is 6.37. The maximum absolute atomic E-state index is 13.1. The lowest BCUT2D eigenvalue weighted by Gasteiger charge is -2.23. The number of rotatable bonds is 10. The van der Waals surface area contributed by atoms with Crippen LogP contribution < -0.4 is 8.92 Å². The summed E-state index contributed by atoms with van der Waals surface area (Å²) >= 11 is 6.20. The largest absolute Gasteiger partial charge is 0.497 e. The Labute approximate surface area is 198 Å². The third-order valence-electron chi connectivity index (χ3n) is 4.78. The summed E-state index contributed by atoms with van der Waals surface area (Å²) in [5.41, 5.74) is 1.07. The molecule has 33 heavy (non-hydrogen) atoms. The average Bonchev–Trinajstić information content (AvgIpc) is 2.81. The normalized spacial score (nSPS) is 11.1. The Morgan fingerprint density at radius 3 is 2.33 bits per heavy atom. The van der Waals surface area contributed by atoms with Crippen molar-refractivity contribution in [2.45, 2.75) is 11.4 Å². The fourth-order valence-electron chi connectivity index (χ4n) is 3.09. The number of amides is 1. The van der Waals surface area contributed by atoms with Crippen molar-refractivity contribution in [3.63, 3.8) is 0 Å². The van der Waals surface area contributed by atoms with Crippen LogP contribution in [0.1, 0.15) is 15.9 Å². The van der Waals surface area contributed by atoms with Crippen molar-refractivity contribution in [1.82, 2.24) is 4.90 Å². The van der Waals surface area contributed by atoms with E-state index in [1.54, 1.807) is 72.7 Å². The van der Waals surface area contributed by atoms with Crippen molar-refractivity contribution in [2.24, 2.45) is 0 Å². The van der Waals surface area contributed by atoms with Crippen molar-refractivity contribution in [3.05, 3.63) is 88.9 Å². The fraction of sp³-hybridized carbons (Fsp3) is 0.208. The Balaban J connectivity index is 1.80. The molecule has 0 N–H and O–H groups in total. The van der Waals surface area contributed by atoms with Crippen molar-refractivity contribution in [1.29, 1.82) is 0 Å². The predicted molar refractivity (Wildman–Crippen MR) is 125 cm³/mol. The summed E-state index contributed by atoms with van der Waals surface area (Å²) in [4.78, 5) is 14.7. The molecule has 9 heteroatoms. The maximum Gasteiger partial charge on any atom is 0.339 e. The smallest absolute Gasteiger partial charge is 0.339 e. The molecule has 0 aliphatic carbocycles. The Hall–Kier alpha value is -3.07. The number of nitrogens with zero attached hydrogens (tertiary/aromatic N) is 1. The Morgan fingerprint density at radius 1 is 0.939 bits per heavy atom. The lowest BCUT2D eigenvalue weighted by atomic mass is 10.1. The molecule has 0 spiro atoms. The van der Waals surface area contributed by atoms with E-state index in [1.807, 2.05) is 0 Å². The molecule has 0 saturated heterocycles. The zero-order valence-corrected chi connectivity index (χ0v) is 19.8. The average molecular weight is 490 g/mol. The zero-order chi connectivity index (χ0) is 23.8. The molecule has 0 fully saturated rings. The predicted octanol–water partition coefficient (Wildman–Crippen LogP) is 4.41. The molecule has 1 amide bonds. The minimum absolute atomic E-state index is 0.00400. The maximum atomic E-state index is 13.1. The van der Waals surface area contributed by atoms with Crippen LogP contribution in [0.4, 0.5) is 0 Å². The molecule has 3 aromatic carbocycles. The highest BCUT2D eigenvalue weighted by Gasteiger charge is 2.20. The molecule has 3 aromatic rings. The molecule has 0 aliphatic rings. The van der Waals surface area contributed by atoms with Crippen molar-refractivity contribution in [2.75, 3.05) is 27.4 Å². The first-order valence-electron chi connectivity index (χ1n) is 10.0. The lowest BCUT2D eigenvalue weighted by molar-refractivity contribution is 0.0680. The second-order valence-electron chi connectivity index (χ2n) is 7.06. The third kappa shape index (κ3) is 6.47. The van der Waals surface area contributed by atoms with Gasteiger partial charge in [-0.05, 0) is 54.1 Å². The summed E-state index contributed by atoms with van der Waals surface area (Å²) in [7, 11) is -0.986. The molecular formula is C24H24ClNO6S. The van der Waals surface area contributed by atoms with Gasteiger partial charge >= 0.3 is 10.1 Å². The Kier molecular flexibility index (Phi) is 8.32. The molecule has 0 atom stereocenters. The van der Waals surface area contributed by atoms with Crippen LogP contribution in [0.3, 0.4) is 0 Å². The van der Waals surface area contributed by atoms with Gasteiger partial charge in [0, 0.05) is 20.2 Å². The van der Waals surface area contributed by atoms with Crippen molar-refractivity contribution in [3.8, 4) is 11.5 Å². The van der Waals surface area contributed by atoms with E-state index in [0.717, 1.165) is 0 Å². The molecule has 0 saturated carbocycles. The van der Waals surface area contributed by atoms with Crippen LogP contribution in [0.5, 0.6) is 11.5 Å². The standard InChI is InChI=1S/C24H24ClNO6S/c1-30-15-14-26(24(27)22-8-3-4-9-23(22)25)17-18-6-5-7-20(16-18)32-33(28,29)21-12-10-19(31-2)11-13-21/h3-13,16H,14-15,17H2,1-2H3. The summed E-state index contributed by atoms with van der Waals surface area (Å²) in [5, 5.41) is 0.354. The van der Waals surface area contributed by atoms with Gasteiger partial charge in [-0.3, -0.25) is 4.79 Å². The van der Waals surface area contributed by atoms with Crippen LogP contribution in [0.2, 0.25) is 5.02 Å². The SMILES string of the molecule is COCCN(Cc1cccc(OS(=O)(=O)c2ccc(OC)cc2)c1)C(=O)c1ccccc1Cl. The van der Waals surface area contributed by atoms with Gasteiger partial charge in [0.25, 0.3) is 5.91 Å². The molecule has 0 unspecified atom stereocenters. The molecule has 3 rings (SSSR count). The van der Waals surface area contributed by atoms with Gasteiger partial charge in [0.2, 0.25) is 0 Å². The van der Waals surface area contributed by atoms with Crippen molar-refractivity contribution < 1.29 is 26.9 Å². The van der Waals surface area contributed by atoms with E-state index < -0.39 is 10.1 Å². The van der Waals surface area contributed by atoms with E-state index in [-0.39, 0.29) is 23.1 Å². The van der Waals surface area contributed by atoms with Crippen LogP contribution in [0.25, 0.3) is 0 Å². The number of carbonyl (C=O) groups excluding carboxylic acids is 1. The number of hydrogen-bond acceptors (Lipinski definition) is 6. The summed E-state index contributed by atoms with van der Waals surface area (Å²) in [5.74, 6) is 0.422. The number of methoxy groups -OCH3 is 2. The van der Waals surface area contributed by atoms with Gasteiger partial charge in [0.1, 0.15) is 16.4 Å². The van der Waals surface area contributed by atoms with Gasteiger partial charge in [-0.25, -0.2) is 0 Å². The minimum atomic E-state index is -4.04. The number of benzene rings is 3. The van der Waals surface area contributed by atoms with E-state index in [1.165, 1.54) is 19.2 Å². The van der Waals surface area contributed by atoms with Crippen LogP contribution in [0, 0.1) is 0 Å². The highest BCUT2D eigenvalue weighted by Crippen LogP contribution is 2.23. The second-order valence-corrected chi connectivity index (χ2v) is 9.01. The van der Waals surface area contributed by atoms with Gasteiger partial charge in [0.15, 0.2) is 0 Å². The molecule has 0 radical (unpaired) electrons. The first-order valence-corrected chi connectivity index (χ1v) is 11.8. The lowest BCUT2D eigenvalue weighted by Crippen LogP contribution is -2.33. The van der Waals surface area contributed by atoms with Crippen LogP contribution >= 0.6 is 11.6 Å². The molecule has 0 aliphatic heterocycles. The van der Waals surface area contributed by atoms with Crippen LogP contribution in [-0.4, -0.2) is 46.6 Å². The number of halogens is 1. The monoisotopic (exact) mass is 489 g/mol. The zero-order valence-electron chi connectivity index (χ0n) is 18.2. The van der Waals surface area contributed by atoms with E-state index in [4.69, 9.17) is 25.3 Å². The molecule has 7 nitrogen and oxygen atoms in total. The first kappa shape index (κ1) is 24.6. The topological polar surface area (TPSA) is 82.1 Å². The van der Waals surface area contributed by atoms with Crippen LogP contribution in [-0.2, 0) is 21.4 Å². The quantitative estimate of drug-likeness (QED) is 0.392. The summed E-state index contributed by atoms with van der Waals surface area (Å²) in [6, 6.07) is 19.3. The molecule has 0 aromatic heterocycles. The number of carbonyl (C=O) groups is 1. The summed E-state index contributed by atoms with van der Waals surface area (Å²) < 4.78 is 40.8. The Bertz CT molecular complexity index is 1200. The molecule has 174 valence electrons. The molecule has 0 bridgehead atoms. The second kappa shape index (κ2) is 11.2. The van der Waals surface area contributed by atoms with E-state index in [0.29, 0.717) is 35.1 Å². The van der Waals surface area contributed by atoms with Crippen molar-refractivity contribution >= 4 is 27.6 Å². The van der Waals surface area contributed by atoms with Gasteiger partial charge in [0.05, 0.1) is 24.3 Å². The summed E-state index contributed by atoms with van der Waals surface area (Å²) in [6.07, 6.45) is 0.